The van der Waals surface area contributed by atoms with Gasteiger partial charge in [-0.05, 0) is 67.8 Å². The lowest BCUT2D eigenvalue weighted by atomic mass is 9.99. The van der Waals surface area contributed by atoms with Gasteiger partial charge in [0.05, 0.1) is 17.9 Å². The van der Waals surface area contributed by atoms with E-state index in [1.807, 2.05) is 19.1 Å². The minimum atomic E-state index is -3.66. The Bertz CT molecular complexity index is 961. The Balaban J connectivity index is 1.73. The SMILES string of the molecule is COc1ccc(S(=O)(=O)N2CCC[C@@H](C(=O)Nc3ccc(Br)cc3)C2)cc1C. The molecule has 1 aliphatic rings. The average Bonchev–Trinajstić information content (AvgIpc) is 2.69. The van der Waals surface area contributed by atoms with Crippen LogP contribution in [0.5, 0.6) is 5.75 Å². The van der Waals surface area contributed by atoms with Gasteiger partial charge in [-0.15, -0.1) is 0 Å². The van der Waals surface area contributed by atoms with Crippen LogP contribution in [0.1, 0.15) is 18.4 Å². The monoisotopic (exact) mass is 466 g/mol. The molecule has 1 fully saturated rings. The summed E-state index contributed by atoms with van der Waals surface area (Å²) in [7, 11) is -2.11. The lowest BCUT2D eigenvalue weighted by molar-refractivity contribution is -0.120. The molecule has 1 atom stereocenters. The zero-order chi connectivity index (χ0) is 20.3. The van der Waals surface area contributed by atoms with Gasteiger partial charge >= 0.3 is 0 Å². The molecule has 0 spiro atoms. The van der Waals surface area contributed by atoms with E-state index in [-0.39, 0.29) is 23.3 Å². The predicted octanol–water partition coefficient (Wildman–Crippen LogP) is 3.81. The molecular weight excluding hydrogens is 444 g/mol. The van der Waals surface area contributed by atoms with Crippen LogP contribution in [0.15, 0.2) is 51.8 Å². The number of sulfonamides is 1. The molecule has 1 heterocycles. The number of nitrogens with zero attached hydrogens (tertiary/aromatic N) is 1. The number of carbonyl (C=O) groups excluding carboxylic acids is 1. The summed E-state index contributed by atoms with van der Waals surface area (Å²) in [5.41, 5.74) is 1.45. The van der Waals surface area contributed by atoms with Gasteiger partial charge in [0.15, 0.2) is 0 Å². The highest BCUT2D eigenvalue weighted by atomic mass is 79.9. The molecule has 3 rings (SSSR count). The third-order valence-corrected chi connectivity index (χ3v) is 7.26. The van der Waals surface area contributed by atoms with Gasteiger partial charge in [-0.25, -0.2) is 8.42 Å². The third kappa shape index (κ3) is 4.56. The van der Waals surface area contributed by atoms with Crippen LogP contribution in [0.2, 0.25) is 0 Å². The number of nitrogens with one attached hydrogen (secondary N) is 1. The summed E-state index contributed by atoms with van der Waals surface area (Å²) < 4.78 is 33.6. The largest absolute Gasteiger partial charge is 0.496 e. The van der Waals surface area contributed by atoms with Crippen LogP contribution in [0.3, 0.4) is 0 Å². The zero-order valence-electron chi connectivity index (χ0n) is 15.8. The molecule has 1 amide bonds. The quantitative estimate of drug-likeness (QED) is 0.726. The molecule has 0 saturated carbocycles. The van der Waals surface area contributed by atoms with Crippen molar-refractivity contribution in [1.29, 1.82) is 0 Å². The molecule has 0 aromatic heterocycles. The van der Waals surface area contributed by atoms with E-state index in [9.17, 15) is 13.2 Å². The molecule has 150 valence electrons. The van der Waals surface area contributed by atoms with Crippen LogP contribution in [0.25, 0.3) is 0 Å². The number of benzene rings is 2. The number of aryl methyl sites for hydroxylation is 1. The molecule has 28 heavy (non-hydrogen) atoms. The fourth-order valence-corrected chi connectivity index (χ4v) is 5.19. The second-order valence-electron chi connectivity index (χ2n) is 6.83. The minimum absolute atomic E-state index is 0.159. The van der Waals surface area contributed by atoms with Crippen molar-refractivity contribution in [1.82, 2.24) is 4.31 Å². The van der Waals surface area contributed by atoms with Gasteiger partial charge in [0, 0.05) is 23.2 Å². The lowest BCUT2D eigenvalue weighted by Crippen LogP contribution is -2.43. The molecule has 1 N–H and O–H groups in total. The van der Waals surface area contributed by atoms with Crippen molar-refractivity contribution in [3.63, 3.8) is 0 Å². The van der Waals surface area contributed by atoms with Gasteiger partial charge in [-0.2, -0.15) is 4.31 Å². The van der Waals surface area contributed by atoms with Crippen LogP contribution in [-0.4, -0.2) is 38.8 Å². The smallest absolute Gasteiger partial charge is 0.243 e. The normalized spacial score (nSPS) is 17.9. The summed E-state index contributed by atoms with van der Waals surface area (Å²) in [5.74, 6) is 0.101. The fourth-order valence-electron chi connectivity index (χ4n) is 3.31. The van der Waals surface area contributed by atoms with E-state index in [1.54, 1.807) is 37.4 Å². The Labute approximate surface area is 174 Å². The second-order valence-corrected chi connectivity index (χ2v) is 9.68. The van der Waals surface area contributed by atoms with Crippen LogP contribution in [0.4, 0.5) is 5.69 Å². The van der Waals surface area contributed by atoms with Gasteiger partial charge in [-0.3, -0.25) is 4.79 Å². The van der Waals surface area contributed by atoms with Crippen molar-refractivity contribution >= 4 is 37.5 Å². The Morgan fingerprint density at radius 2 is 1.93 bits per heavy atom. The molecule has 0 unspecified atom stereocenters. The Kier molecular flexibility index (Phi) is 6.42. The van der Waals surface area contributed by atoms with E-state index < -0.39 is 10.0 Å². The summed E-state index contributed by atoms with van der Waals surface area (Å²) in [5, 5.41) is 2.88. The molecule has 1 aliphatic heterocycles. The highest BCUT2D eigenvalue weighted by Crippen LogP contribution is 2.28. The van der Waals surface area contributed by atoms with Crippen molar-refractivity contribution < 1.29 is 17.9 Å². The minimum Gasteiger partial charge on any atom is -0.496 e. The van der Waals surface area contributed by atoms with Crippen molar-refractivity contribution in [2.45, 2.75) is 24.7 Å². The maximum Gasteiger partial charge on any atom is 0.243 e. The van der Waals surface area contributed by atoms with Crippen LogP contribution in [0, 0.1) is 12.8 Å². The maximum absolute atomic E-state index is 13.1. The van der Waals surface area contributed by atoms with Crippen molar-refractivity contribution in [3.05, 3.63) is 52.5 Å². The number of rotatable bonds is 5. The first-order chi connectivity index (χ1) is 13.3. The first kappa shape index (κ1) is 20.8. The maximum atomic E-state index is 13.1. The van der Waals surface area contributed by atoms with Gasteiger partial charge in [0.1, 0.15) is 5.75 Å². The van der Waals surface area contributed by atoms with E-state index in [1.165, 1.54) is 4.31 Å². The second kappa shape index (κ2) is 8.63. The molecule has 0 aliphatic carbocycles. The number of methoxy groups -OCH3 is 1. The Morgan fingerprint density at radius 3 is 2.57 bits per heavy atom. The van der Waals surface area contributed by atoms with Gasteiger partial charge in [0.2, 0.25) is 15.9 Å². The Morgan fingerprint density at radius 1 is 1.21 bits per heavy atom. The molecule has 0 bridgehead atoms. The van der Waals surface area contributed by atoms with Crippen LogP contribution >= 0.6 is 15.9 Å². The van der Waals surface area contributed by atoms with Crippen molar-refractivity contribution in [2.75, 3.05) is 25.5 Å². The van der Waals surface area contributed by atoms with E-state index in [4.69, 9.17) is 4.74 Å². The van der Waals surface area contributed by atoms with Crippen LogP contribution in [-0.2, 0) is 14.8 Å². The highest BCUT2D eigenvalue weighted by molar-refractivity contribution is 9.10. The Hall–Kier alpha value is -1.90. The predicted molar refractivity (Wildman–Crippen MR) is 112 cm³/mol. The highest BCUT2D eigenvalue weighted by Gasteiger charge is 2.33. The number of ether oxygens (including phenoxy) is 1. The summed E-state index contributed by atoms with van der Waals surface area (Å²) in [6.45, 7) is 2.40. The molecule has 0 radical (unpaired) electrons. The number of piperidine rings is 1. The lowest BCUT2D eigenvalue weighted by Gasteiger charge is -2.31. The summed E-state index contributed by atoms with van der Waals surface area (Å²) in [6, 6.07) is 12.1. The number of hydrogen-bond acceptors (Lipinski definition) is 4. The first-order valence-electron chi connectivity index (χ1n) is 9.02. The molecule has 2 aromatic rings. The number of anilines is 1. The molecule has 2 aromatic carbocycles. The number of carbonyl (C=O) groups is 1. The van der Waals surface area contributed by atoms with Gasteiger partial charge in [-0.1, -0.05) is 15.9 Å². The average molecular weight is 467 g/mol. The van der Waals surface area contributed by atoms with Crippen LogP contribution < -0.4 is 10.1 Å². The first-order valence-corrected chi connectivity index (χ1v) is 11.3. The molecule has 1 saturated heterocycles. The summed E-state index contributed by atoms with van der Waals surface area (Å²) in [6.07, 6.45) is 1.31. The van der Waals surface area contributed by atoms with E-state index in [2.05, 4.69) is 21.2 Å². The van der Waals surface area contributed by atoms with Gasteiger partial charge < -0.3 is 10.1 Å². The summed E-state index contributed by atoms with van der Waals surface area (Å²) in [4.78, 5) is 12.9. The van der Waals surface area contributed by atoms with Gasteiger partial charge in [0.25, 0.3) is 0 Å². The molecule has 6 nitrogen and oxygen atoms in total. The number of hydrogen-bond donors (Lipinski definition) is 1. The fraction of sp³-hybridized carbons (Fsp3) is 0.350. The number of amides is 1. The topological polar surface area (TPSA) is 75.7 Å². The van der Waals surface area contributed by atoms with E-state index in [0.29, 0.717) is 30.8 Å². The third-order valence-electron chi connectivity index (χ3n) is 4.87. The zero-order valence-corrected chi connectivity index (χ0v) is 18.2. The summed E-state index contributed by atoms with van der Waals surface area (Å²) >= 11 is 3.36. The van der Waals surface area contributed by atoms with E-state index >= 15 is 0 Å². The van der Waals surface area contributed by atoms with Crippen molar-refractivity contribution in [2.24, 2.45) is 5.92 Å². The van der Waals surface area contributed by atoms with E-state index in [0.717, 1.165) is 10.0 Å². The molecular formula is C20H23BrN2O4S. The molecule has 8 heteroatoms. The van der Waals surface area contributed by atoms with Crippen molar-refractivity contribution in [3.8, 4) is 5.75 Å². The number of halogens is 1. The standard InChI is InChI=1S/C20H23BrN2O4S/c1-14-12-18(9-10-19(14)27-2)28(25,26)23-11-3-4-15(13-23)20(24)22-17-7-5-16(21)6-8-17/h5-10,12,15H,3-4,11,13H2,1-2H3,(H,22,24)/t15-/m1/s1.